The van der Waals surface area contributed by atoms with Gasteiger partial charge in [-0.05, 0) is 5.92 Å². The van der Waals surface area contributed by atoms with Gasteiger partial charge in [-0.15, -0.1) is 11.6 Å². The van der Waals surface area contributed by atoms with Gasteiger partial charge in [0.15, 0.2) is 0 Å². The van der Waals surface area contributed by atoms with Crippen LogP contribution in [0.3, 0.4) is 0 Å². The van der Waals surface area contributed by atoms with Crippen LogP contribution in [0, 0.1) is 11.8 Å². The number of hydrogen-bond donors (Lipinski definition) is 0. The molecule has 0 unspecified atom stereocenters. The van der Waals surface area contributed by atoms with Gasteiger partial charge in [0, 0.05) is 38.4 Å². The van der Waals surface area contributed by atoms with Crippen molar-refractivity contribution in [1.29, 1.82) is 0 Å². The van der Waals surface area contributed by atoms with Crippen molar-refractivity contribution in [3.63, 3.8) is 0 Å². The molecule has 0 N–H and O–H groups in total. The highest BCUT2D eigenvalue weighted by Gasteiger charge is 2.31. The molecule has 0 aromatic rings. The topological polar surface area (TPSA) is 29.5 Å². The molecule has 0 bridgehead atoms. The number of hydrogen-bond acceptors (Lipinski definition) is 2. The van der Waals surface area contributed by atoms with E-state index in [1.54, 1.807) is 7.11 Å². The lowest BCUT2D eigenvalue weighted by Gasteiger charge is -2.15. The first-order valence-corrected chi connectivity index (χ1v) is 5.55. The van der Waals surface area contributed by atoms with Crippen molar-refractivity contribution >= 4 is 17.5 Å². The fraction of sp³-hybridized carbons (Fsp3) is 0.900. The van der Waals surface area contributed by atoms with Crippen molar-refractivity contribution in [2.24, 2.45) is 11.8 Å². The molecule has 3 nitrogen and oxygen atoms in total. The lowest BCUT2D eigenvalue weighted by molar-refractivity contribution is -0.130. The number of amides is 1. The van der Waals surface area contributed by atoms with E-state index in [9.17, 15) is 4.79 Å². The maximum atomic E-state index is 11.5. The van der Waals surface area contributed by atoms with Crippen LogP contribution >= 0.6 is 11.6 Å². The first-order valence-electron chi connectivity index (χ1n) is 5.01. The average Bonchev–Trinajstić information content (AvgIpc) is 2.49. The minimum atomic E-state index is 0.172. The lowest BCUT2D eigenvalue weighted by Crippen LogP contribution is -2.29. The predicted octanol–water partition coefficient (Wildman–Crippen LogP) is 1.36. The second-order valence-corrected chi connectivity index (χ2v) is 4.31. The van der Waals surface area contributed by atoms with Crippen LogP contribution in [0.2, 0.25) is 0 Å². The summed E-state index contributed by atoms with van der Waals surface area (Å²) in [6, 6.07) is 0. The molecule has 4 heteroatoms. The highest BCUT2D eigenvalue weighted by atomic mass is 35.5. The zero-order chi connectivity index (χ0) is 10.6. The van der Waals surface area contributed by atoms with Crippen molar-refractivity contribution in [3.05, 3.63) is 0 Å². The molecule has 14 heavy (non-hydrogen) atoms. The van der Waals surface area contributed by atoms with Crippen LogP contribution in [0.5, 0.6) is 0 Å². The van der Waals surface area contributed by atoms with Gasteiger partial charge in [0.05, 0.1) is 6.61 Å². The molecule has 1 aliphatic rings. The Balaban J connectivity index is 2.41. The third-order valence-corrected chi connectivity index (χ3v) is 3.00. The van der Waals surface area contributed by atoms with Crippen LogP contribution < -0.4 is 0 Å². The fourth-order valence-electron chi connectivity index (χ4n) is 1.91. The molecule has 1 rings (SSSR count). The molecule has 1 saturated heterocycles. The first-order chi connectivity index (χ1) is 6.69. The Morgan fingerprint density at radius 3 is 2.86 bits per heavy atom. The van der Waals surface area contributed by atoms with Gasteiger partial charge in [0.2, 0.25) is 5.91 Å². The van der Waals surface area contributed by atoms with E-state index in [1.807, 2.05) is 4.90 Å². The number of nitrogens with zero attached hydrogens (tertiary/aromatic N) is 1. The first kappa shape index (κ1) is 11.8. The van der Waals surface area contributed by atoms with E-state index in [4.69, 9.17) is 16.3 Å². The van der Waals surface area contributed by atoms with E-state index in [2.05, 4.69) is 6.92 Å². The monoisotopic (exact) mass is 219 g/mol. The van der Waals surface area contributed by atoms with Crippen LogP contribution in [0.1, 0.15) is 13.3 Å². The molecule has 82 valence electrons. The van der Waals surface area contributed by atoms with Crippen LogP contribution in [-0.2, 0) is 9.53 Å². The van der Waals surface area contributed by atoms with E-state index < -0.39 is 0 Å². The summed E-state index contributed by atoms with van der Waals surface area (Å²) < 4.78 is 5.12. The number of alkyl halides is 1. The minimum Gasteiger partial charge on any atom is -0.384 e. The number of likely N-dealkylation sites (tertiary alicyclic amines) is 1. The highest BCUT2D eigenvalue weighted by Crippen LogP contribution is 2.23. The van der Waals surface area contributed by atoms with E-state index in [1.165, 1.54) is 0 Å². The molecule has 0 aliphatic carbocycles. The molecule has 0 spiro atoms. The van der Waals surface area contributed by atoms with Crippen LogP contribution in [0.25, 0.3) is 0 Å². The molecule has 1 aliphatic heterocycles. The van der Waals surface area contributed by atoms with E-state index >= 15 is 0 Å². The molecule has 0 aromatic carbocycles. The van der Waals surface area contributed by atoms with E-state index in [-0.39, 0.29) is 5.91 Å². The highest BCUT2D eigenvalue weighted by molar-refractivity contribution is 6.18. The Hall–Kier alpha value is -0.280. The van der Waals surface area contributed by atoms with Crippen molar-refractivity contribution in [1.82, 2.24) is 4.90 Å². The van der Waals surface area contributed by atoms with Gasteiger partial charge in [-0.2, -0.15) is 0 Å². The van der Waals surface area contributed by atoms with Gasteiger partial charge in [-0.25, -0.2) is 0 Å². The van der Waals surface area contributed by atoms with Crippen LogP contribution in [-0.4, -0.2) is 43.5 Å². The SMILES string of the molecule is COC[C@H]1CN(C(=O)CCCl)C[C@H]1C. The lowest BCUT2D eigenvalue weighted by atomic mass is 10.00. The summed E-state index contributed by atoms with van der Waals surface area (Å²) in [4.78, 5) is 13.4. The van der Waals surface area contributed by atoms with Gasteiger partial charge in [0.1, 0.15) is 0 Å². The van der Waals surface area contributed by atoms with Crippen molar-refractivity contribution in [3.8, 4) is 0 Å². The maximum absolute atomic E-state index is 11.5. The molecule has 1 fully saturated rings. The molecule has 1 amide bonds. The Bertz CT molecular complexity index is 199. The van der Waals surface area contributed by atoms with Gasteiger partial charge in [-0.1, -0.05) is 6.92 Å². The zero-order valence-corrected chi connectivity index (χ0v) is 9.59. The van der Waals surface area contributed by atoms with Gasteiger partial charge < -0.3 is 9.64 Å². The van der Waals surface area contributed by atoms with Gasteiger partial charge in [-0.3, -0.25) is 4.79 Å². The van der Waals surface area contributed by atoms with Gasteiger partial charge >= 0.3 is 0 Å². The second-order valence-electron chi connectivity index (χ2n) is 3.93. The largest absolute Gasteiger partial charge is 0.384 e. The van der Waals surface area contributed by atoms with E-state index in [0.717, 1.165) is 19.7 Å². The van der Waals surface area contributed by atoms with Gasteiger partial charge in [0.25, 0.3) is 0 Å². The Morgan fingerprint density at radius 1 is 1.57 bits per heavy atom. The molecule has 1 heterocycles. The van der Waals surface area contributed by atoms with Crippen molar-refractivity contribution < 1.29 is 9.53 Å². The molecule has 2 atom stereocenters. The third kappa shape index (κ3) is 2.85. The molecule has 0 radical (unpaired) electrons. The number of rotatable bonds is 4. The minimum absolute atomic E-state index is 0.172. The predicted molar refractivity (Wildman–Crippen MR) is 56.4 cm³/mol. The zero-order valence-electron chi connectivity index (χ0n) is 8.83. The third-order valence-electron chi connectivity index (χ3n) is 2.81. The normalized spacial score (nSPS) is 26.9. The van der Waals surface area contributed by atoms with E-state index in [0.29, 0.717) is 24.1 Å². The second kappa shape index (κ2) is 5.56. The summed E-state index contributed by atoms with van der Waals surface area (Å²) >= 11 is 5.54. The Morgan fingerprint density at radius 2 is 2.29 bits per heavy atom. The molecule has 0 saturated carbocycles. The molecular formula is C10H18ClNO2. The van der Waals surface area contributed by atoms with Crippen LogP contribution in [0.15, 0.2) is 0 Å². The molecular weight excluding hydrogens is 202 g/mol. The summed E-state index contributed by atoms with van der Waals surface area (Å²) in [6.45, 7) is 4.58. The van der Waals surface area contributed by atoms with Crippen molar-refractivity contribution in [2.75, 3.05) is 32.7 Å². The summed E-state index contributed by atoms with van der Waals surface area (Å²) in [5, 5.41) is 0. The summed E-state index contributed by atoms with van der Waals surface area (Å²) in [7, 11) is 1.70. The smallest absolute Gasteiger partial charge is 0.223 e. The standard InChI is InChI=1S/C10H18ClNO2/c1-8-5-12(10(13)3-4-11)6-9(8)7-14-2/h8-9H,3-7H2,1-2H3/t8-,9-/m1/s1. The number of carbonyl (C=O) groups is 1. The summed E-state index contributed by atoms with van der Waals surface area (Å²) in [5.74, 6) is 1.61. The molecule has 0 aromatic heterocycles. The number of halogens is 1. The Labute approximate surface area is 90.4 Å². The Kier molecular flexibility index (Phi) is 4.69. The number of carbonyl (C=O) groups excluding carboxylic acids is 1. The summed E-state index contributed by atoms with van der Waals surface area (Å²) in [6.07, 6.45) is 0.452. The fourth-order valence-corrected chi connectivity index (χ4v) is 2.07. The maximum Gasteiger partial charge on any atom is 0.223 e. The summed E-state index contributed by atoms with van der Waals surface area (Å²) in [5.41, 5.74) is 0. The number of ether oxygens (including phenoxy) is 1. The van der Waals surface area contributed by atoms with Crippen molar-refractivity contribution in [2.45, 2.75) is 13.3 Å². The van der Waals surface area contributed by atoms with Crippen LogP contribution in [0.4, 0.5) is 0 Å². The quantitative estimate of drug-likeness (QED) is 0.669. The average molecular weight is 220 g/mol. The number of methoxy groups -OCH3 is 1.